The van der Waals surface area contributed by atoms with Crippen LogP contribution in [0.15, 0.2) is 0 Å². The zero-order valence-electron chi connectivity index (χ0n) is 11.8. The molecule has 2 atom stereocenters. The minimum atomic E-state index is 0.759. The maximum Gasteiger partial charge on any atom is 0.0249 e. The molecule has 2 fully saturated rings. The smallest absolute Gasteiger partial charge is 0.0249 e. The van der Waals surface area contributed by atoms with Gasteiger partial charge in [0, 0.05) is 18.1 Å². The second-order valence-electron chi connectivity index (χ2n) is 6.02. The molecule has 0 radical (unpaired) electrons. The van der Waals surface area contributed by atoms with Crippen LogP contribution in [0.4, 0.5) is 0 Å². The Morgan fingerprint density at radius 1 is 1.00 bits per heavy atom. The van der Waals surface area contributed by atoms with Crippen LogP contribution in [0.3, 0.4) is 0 Å². The SMILES string of the molecule is CCCNC1CCCCC1N(C)C1CCCC1. The van der Waals surface area contributed by atoms with Gasteiger partial charge in [-0.3, -0.25) is 4.90 Å². The van der Waals surface area contributed by atoms with Gasteiger partial charge in [-0.05, 0) is 45.7 Å². The molecular weight excluding hydrogens is 208 g/mol. The maximum absolute atomic E-state index is 3.78. The molecule has 0 aromatic rings. The van der Waals surface area contributed by atoms with Crippen LogP contribution in [0, 0.1) is 0 Å². The van der Waals surface area contributed by atoms with E-state index in [0.717, 1.165) is 18.1 Å². The van der Waals surface area contributed by atoms with Crippen LogP contribution >= 0.6 is 0 Å². The number of hydrogen-bond donors (Lipinski definition) is 1. The minimum Gasteiger partial charge on any atom is -0.312 e. The highest BCUT2D eigenvalue weighted by Crippen LogP contribution is 2.29. The van der Waals surface area contributed by atoms with Gasteiger partial charge < -0.3 is 5.32 Å². The van der Waals surface area contributed by atoms with Gasteiger partial charge >= 0.3 is 0 Å². The van der Waals surface area contributed by atoms with E-state index in [-0.39, 0.29) is 0 Å². The Hall–Kier alpha value is -0.0800. The zero-order chi connectivity index (χ0) is 12.1. The lowest BCUT2D eigenvalue weighted by atomic mass is 9.88. The van der Waals surface area contributed by atoms with Crippen molar-refractivity contribution in [1.29, 1.82) is 0 Å². The summed E-state index contributed by atoms with van der Waals surface area (Å²) in [5, 5.41) is 3.78. The summed E-state index contributed by atoms with van der Waals surface area (Å²) < 4.78 is 0. The van der Waals surface area contributed by atoms with Crippen molar-refractivity contribution >= 4 is 0 Å². The summed E-state index contributed by atoms with van der Waals surface area (Å²) in [4.78, 5) is 2.72. The third-order valence-corrected chi connectivity index (χ3v) is 4.81. The van der Waals surface area contributed by atoms with Crippen LogP contribution in [-0.4, -0.2) is 36.6 Å². The van der Waals surface area contributed by atoms with Crippen LogP contribution in [0.2, 0.25) is 0 Å². The predicted molar refractivity (Wildman–Crippen MR) is 74.4 cm³/mol. The third-order valence-electron chi connectivity index (χ3n) is 4.81. The summed E-state index contributed by atoms with van der Waals surface area (Å²) in [7, 11) is 2.38. The van der Waals surface area contributed by atoms with Crippen LogP contribution in [0.25, 0.3) is 0 Å². The quantitative estimate of drug-likeness (QED) is 0.791. The maximum atomic E-state index is 3.78. The van der Waals surface area contributed by atoms with Gasteiger partial charge in [-0.1, -0.05) is 32.6 Å². The number of likely N-dealkylation sites (N-methyl/N-ethyl adjacent to an activating group) is 1. The first-order valence-electron chi connectivity index (χ1n) is 7.78. The highest BCUT2D eigenvalue weighted by atomic mass is 15.2. The van der Waals surface area contributed by atoms with E-state index in [9.17, 15) is 0 Å². The summed E-state index contributed by atoms with van der Waals surface area (Å²) in [6.45, 7) is 3.46. The summed E-state index contributed by atoms with van der Waals surface area (Å²) in [5.41, 5.74) is 0. The van der Waals surface area contributed by atoms with Gasteiger partial charge in [-0.15, -0.1) is 0 Å². The predicted octanol–water partition coefficient (Wildman–Crippen LogP) is 3.17. The summed E-state index contributed by atoms with van der Waals surface area (Å²) in [6, 6.07) is 2.44. The molecule has 0 aromatic heterocycles. The van der Waals surface area contributed by atoms with E-state index in [1.165, 1.54) is 64.3 Å². The molecule has 1 N–H and O–H groups in total. The van der Waals surface area contributed by atoms with Gasteiger partial charge in [-0.25, -0.2) is 0 Å². The van der Waals surface area contributed by atoms with E-state index in [1.54, 1.807) is 0 Å². The molecule has 2 aliphatic carbocycles. The number of rotatable bonds is 5. The Bertz CT molecular complexity index is 211. The first-order valence-corrected chi connectivity index (χ1v) is 7.78. The van der Waals surface area contributed by atoms with Gasteiger partial charge in [0.05, 0.1) is 0 Å². The Kier molecular flexibility index (Phi) is 5.30. The van der Waals surface area contributed by atoms with Gasteiger partial charge in [0.1, 0.15) is 0 Å². The first-order chi connectivity index (χ1) is 8.33. The van der Waals surface area contributed by atoms with E-state index in [1.807, 2.05) is 0 Å². The number of hydrogen-bond acceptors (Lipinski definition) is 2. The van der Waals surface area contributed by atoms with Crippen LogP contribution in [0.5, 0.6) is 0 Å². The molecular formula is C15H30N2. The van der Waals surface area contributed by atoms with E-state index >= 15 is 0 Å². The van der Waals surface area contributed by atoms with Crippen molar-refractivity contribution in [3.05, 3.63) is 0 Å². The summed E-state index contributed by atoms with van der Waals surface area (Å²) >= 11 is 0. The molecule has 2 saturated carbocycles. The summed E-state index contributed by atoms with van der Waals surface area (Å²) in [6.07, 6.45) is 12.7. The van der Waals surface area contributed by atoms with E-state index in [2.05, 4.69) is 24.2 Å². The third kappa shape index (κ3) is 3.45. The van der Waals surface area contributed by atoms with Gasteiger partial charge in [0.2, 0.25) is 0 Å². The lowest BCUT2D eigenvalue weighted by Gasteiger charge is -2.41. The lowest BCUT2D eigenvalue weighted by molar-refractivity contribution is 0.108. The van der Waals surface area contributed by atoms with E-state index in [4.69, 9.17) is 0 Å². The van der Waals surface area contributed by atoms with E-state index < -0.39 is 0 Å². The first kappa shape index (κ1) is 13.4. The molecule has 0 aliphatic heterocycles. The van der Waals surface area contributed by atoms with Crippen molar-refractivity contribution in [3.8, 4) is 0 Å². The van der Waals surface area contributed by atoms with Crippen LogP contribution in [0.1, 0.15) is 64.7 Å². The molecule has 100 valence electrons. The fourth-order valence-corrected chi connectivity index (χ4v) is 3.75. The van der Waals surface area contributed by atoms with Crippen LogP contribution in [-0.2, 0) is 0 Å². The molecule has 2 nitrogen and oxygen atoms in total. The Morgan fingerprint density at radius 2 is 1.65 bits per heavy atom. The zero-order valence-corrected chi connectivity index (χ0v) is 11.8. The molecule has 2 aliphatic rings. The second-order valence-corrected chi connectivity index (χ2v) is 6.02. The van der Waals surface area contributed by atoms with Crippen LogP contribution < -0.4 is 5.32 Å². The number of nitrogens with one attached hydrogen (secondary N) is 1. The number of nitrogens with zero attached hydrogens (tertiary/aromatic N) is 1. The standard InChI is InChI=1S/C15H30N2/c1-3-12-16-14-10-6-7-11-15(14)17(2)13-8-4-5-9-13/h13-16H,3-12H2,1-2H3. The lowest BCUT2D eigenvalue weighted by Crippen LogP contribution is -2.53. The second kappa shape index (κ2) is 6.75. The van der Waals surface area contributed by atoms with Crippen molar-refractivity contribution in [1.82, 2.24) is 10.2 Å². The normalized spacial score (nSPS) is 31.2. The molecule has 2 unspecified atom stereocenters. The Balaban J connectivity index is 1.89. The average Bonchev–Trinajstić information content (AvgIpc) is 2.89. The minimum absolute atomic E-state index is 0.759. The van der Waals surface area contributed by atoms with Gasteiger partial charge in [0.25, 0.3) is 0 Å². The van der Waals surface area contributed by atoms with Crippen molar-refractivity contribution in [2.75, 3.05) is 13.6 Å². The highest BCUT2D eigenvalue weighted by Gasteiger charge is 2.32. The highest BCUT2D eigenvalue weighted by molar-refractivity contribution is 4.90. The van der Waals surface area contributed by atoms with Gasteiger partial charge in [0.15, 0.2) is 0 Å². The monoisotopic (exact) mass is 238 g/mol. The topological polar surface area (TPSA) is 15.3 Å². The Labute approximate surface area is 107 Å². The molecule has 0 saturated heterocycles. The van der Waals surface area contributed by atoms with Crippen molar-refractivity contribution in [2.24, 2.45) is 0 Å². The molecule has 2 rings (SSSR count). The summed E-state index contributed by atoms with van der Waals surface area (Å²) in [5.74, 6) is 0. The molecule has 0 spiro atoms. The van der Waals surface area contributed by atoms with Crippen molar-refractivity contribution < 1.29 is 0 Å². The van der Waals surface area contributed by atoms with Crippen molar-refractivity contribution in [2.45, 2.75) is 82.8 Å². The fraction of sp³-hybridized carbons (Fsp3) is 1.00. The Morgan fingerprint density at radius 3 is 2.35 bits per heavy atom. The average molecular weight is 238 g/mol. The molecule has 0 amide bonds. The van der Waals surface area contributed by atoms with E-state index in [0.29, 0.717) is 0 Å². The fourth-order valence-electron chi connectivity index (χ4n) is 3.75. The molecule has 2 heteroatoms. The molecule has 17 heavy (non-hydrogen) atoms. The molecule has 0 aromatic carbocycles. The molecule has 0 heterocycles. The van der Waals surface area contributed by atoms with Crippen molar-refractivity contribution in [3.63, 3.8) is 0 Å². The van der Waals surface area contributed by atoms with Gasteiger partial charge in [-0.2, -0.15) is 0 Å². The largest absolute Gasteiger partial charge is 0.312 e. The molecule has 0 bridgehead atoms.